The Hall–Kier alpha value is -1.97. The summed E-state index contributed by atoms with van der Waals surface area (Å²) in [4.78, 5) is 17.4. The molecule has 1 atom stereocenters. The highest BCUT2D eigenvalue weighted by Crippen LogP contribution is 2.13. The molecule has 1 saturated heterocycles. The second kappa shape index (κ2) is 6.98. The third-order valence-corrected chi connectivity index (χ3v) is 3.19. The molecule has 1 fully saturated rings. The number of carbonyl (C=O) groups excluding carboxylic acids is 1. The highest BCUT2D eigenvalue weighted by atomic mass is 16.5. The molecule has 0 radical (unpaired) electrons. The van der Waals surface area contributed by atoms with Crippen LogP contribution in [0.4, 0.5) is 0 Å². The van der Waals surface area contributed by atoms with Gasteiger partial charge in [0.2, 0.25) is 0 Å². The van der Waals surface area contributed by atoms with Gasteiger partial charge in [-0.25, -0.2) is 4.98 Å². The van der Waals surface area contributed by atoms with Gasteiger partial charge < -0.3 is 9.47 Å². The van der Waals surface area contributed by atoms with E-state index in [1.54, 1.807) is 12.3 Å². The maximum Gasteiger partial charge on any atom is 0.308 e. The second-order valence-electron chi connectivity index (χ2n) is 4.67. The summed E-state index contributed by atoms with van der Waals surface area (Å²) in [6.45, 7) is 2.80. The van der Waals surface area contributed by atoms with E-state index in [4.69, 9.17) is 10.00 Å². The fraction of sp³-hybridized carbons (Fsp3) is 0.500. The van der Waals surface area contributed by atoms with E-state index in [-0.39, 0.29) is 18.5 Å². The molecule has 0 N–H and O–H groups in total. The lowest BCUT2D eigenvalue weighted by atomic mass is 10.1. The molecule has 6 heteroatoms. The van der Waals surface area contributed by atoms with Gasteiger partial charge in [0, 0.05) is 25.8 Å². The lowest BCUT2D eigenvalue weighted by Crippen LogP contribution is -2.42. The van der Waals surface area contributed by atoms with E-state index >= 15 is 0 Å². The second-order valence-corrected chi connectivity index (χ2v) is 4.67. The van der Waals surface area contributed by atoms with Crippen LogP contribution < -0.4 is 0 Å². The van der Waals surface area contributed by atoms with Crippen molar-refractivity contribution in [2.45, 2.75) is 19.1 Å². The summed E-state index contributed by atoms with van der Waals surface area (Å²) in [5, 5.41) is 8.84. The van der Waals surface area contributed by atoms with Crippen LogP contribution in [0.3, 0.4) is 0 Å². The number of pyridine rings is 1. The number of carbonyl (C=O) groups is 1. The number of methoxy groups -OCH3 is 1. The van der Waals surface area contributed by atoms with Gasteiger partial charge in [-0.15, -0.1) is 0 Å². The zero-order valence-electron chi connectivity index (χ0n) is 11.4. The van der Waals surface area contributed by atoms with Crippen LogP contribution in [0.5, 0.6) is 0 Å². The first-order valence-electron chi connectivity index (χ1n) is 6.47. The maximum atomic E-state index is 11.3. The van der Waals surface area contributed by atoms with Gasteiger partial charge in [0.15, 0.2) is 0 Å². The lowest BCUT2D eigenvalue weighted by molar-refractivity contribution is -0.145. The molecule has 1 aromatic rings. The summed E-state index contributed by atoms with van der Waals surface area (Å²) in [7, 11) is 1.38. The molecule has 2 rings (SSSR count). The normalized spacial score (nSPS) is 19.3. The van der Waals surface area contributed by atoms with Gasteiger partial charge in [-0.2, -0.15) is 5.26 Å². The first-order chi connectivity index (χ1) is 9.71. The molecule has 1 aliphatic heterocycles. The molecule has 6 nitrogen and oxygen atoms in total. The predicted molar refractivity (Wildman–Crippen MR) is 70.6 cm³/mol. The number of hydrogen-bond acceptors (Lipinski definition) is 6. The first-order valence-corrected chi connectivity index (χ1v) is 6.47. The van der Waals surface area contributed by atoms with Crippen molar-refractivity contribution in [2.75, 3.05) is 26.8 Å². The molecule has 1 aliphatic rings. The summed E-state index contributed by atoms with van der Waals surface area (Å²) in [6.07, 6.45) is 1.78. The van der Waals surface area contributed by atoms with Gasteiger partial charge in [0.1, 0.15) is 11.8 Å². The van der Waals surface area contributed by atoms with Gasteiger partial charge >= 0.3 is 5.97 Å². The Kier molecular flexibility index (Phi) is 5.04. The predicted octanol–water partition coefficient (Wildman–Crippen LogP) is 0.717. The highest BCUT2D eigenvalue weighted by molar-refractivity contribution is 5.69. The number of nitriles is 1. The Labute approximate surface area is 117 Å². The number of rotatable bonds is 4. The van der Waals surface area contributed by atoms with E-state index in [0.29, 0.717) is 18.8 Å². The summed E-state index contributed by atoms with van der Waals surface area (Å²) in [5.74, 6) is -0.257. The Bertz CT molecular complexity index is 513. The van der Waals surface area contributed by atoms with Crippen molar-refractivity contribution in [3.8, 4) is 6.07 Å². The minimum absolute atomic E-state index is 0.131. The zero-order chi connectivity index (χ0) is 14.4. The minimum Gasteiger partial charge on any atom is -0.469 e. The maximum absolute atomic E-state index is 11.3. The van der Waals surface area contributed by atoms with Crippen LogP contribution in [0, 0.1) is 11.3 Å². The van der Waals surface area contributed by atoms with Crippen LogP contribution in [-0.4, -0.2) is 48.8 Å². The molecule has 20 heavy (non-hydrogen) atoms. The molecule has 0 saturated carbocycles. The monoisotopic (exact) mass is 275 g/mol. The number of esters is 1. The van der Waals surface area contributed by atoms with Crippen LogP contribution >= 0.6 is 0 Å². The summed E-state index contributed by atoms with van der Waals surface area (Å²) in [5.41, 5.74) is 1.46. The van der Waals surface area contributed by atoms with Gasteiger partial charge in [-0.1, -0.05) is 0 Å². The Morgan fingerprint density at radius 2 is 2.55 bits per heavy atom. The molecule has 2 heterocycles. The third kappa shape index (κ3) is 4.02. The van der Waals surface area contributed by atoms with Crippen molar-refractivity contribution < 1.29 is 14.3 Å². The molecule has 0 spiro atoms. The SMILES string of the molecule is COC(=O)CC1CN(Cc2ccnc(C#N)c2)CCO1. The number of morpholine rings is 1. The molecule has 0 aliphatic carbocycles. The Morgan fingerprint density at radius 1 is 1.70 bits per heavy atom. The summed E-state index contributed by atoms with van der Waals surface area (Å²) < 4.78 is 10.2. The minimum atomic E-state index is -0.257. The molecular weight excluding hydrogens is 258 g/mol. The fourth-order valence-corrected chi connectivity index (χ4v) is 2.21. The summed E-state index contributed by atoms with van der Waals surface area (Å²) >= 11 is 0. The van der Waals surface area contributed by atoms with Crippen LogP contribution in [0.1, 0.15) is 17.7 Å². The van der Waals surface area contributed by atoms with Crippen molar-refractivity contribution in [3.63, 3.8) is 0 Å². The van der Waals surface area contributed by atoms with Gasteiger partial charge in [0.05, 0.1) is 26.2 Å². The van der Waals surface area contributed by atoms with Crippen LogP contribution in [-0.2, 0) is 20.8 Å². The smallest absolute Gasteiger partial charge is 0.308 e. The average Bonchev–Trinajstić information content (AvgIpc) is 2.47. The standard InChI is InChI=1S/C14H17N3O3/c1-19-14(18)7-13-10-17(4-5-20-13)9-11-2-3-16-12(6-11)8-15/h2-3,6,13H,4-5,7,9-10H2,1H3. The van der Waals surface area contributed by atoms with E-state index in [1.165, 1.54) is 7.11 Å². The van der Waals surface area contributed by atoms with Gasteiger partial charge in [0.25, 0.3) is 0 Å². The van der Waals surface area contributed by atoms with Crippen LogP contribution in [0.2, 0.25) is 0 Å². The molecule has 106 valence electrons. The van der Waals surface area contributed by atoms with Crippen molar-refractivity contribution in [1.29, 1.82) is 5.26 Å². The topological polar surface area (TPSA) is 75.5 Å². The first kappa shape index (κ1) is 14.4. The molecule has 0 amide bonds. The van der Waals surface area contributed by atoms with E-state index in [9.17, 15) is 4.79 Å². The highest BCUT2D eigenvalue weighted by Gasteiger charge is 2.23. The average molecular weight is 275 g/mol. The van der Waals surface area contributed by atoms with E-state index < -0.39 is 0 Å². The lowest BCUT2D eigenvalue weighted by Gasteiger charge is -2.32. The van der Waals surface area contributed by atoms with Crippen LogP contribution in [0.15, 0.2) is 18.3 Å². The molecule has 1 unspecified atom stereocenters. The third-order valence-electron chi connectivity index (χ3n) is 3.19. The quantitative estimate of drug-likeness (QED) is 0.754. The number of aromatic nitrogens is 1. The van der Waals surface area contributed by atoms with E-state index in [1.807, 2.05) is 12.1 Å². The van der Waals surface area contributed by atoms with Crippen molar-refractivity contribution >= 4 is 5.97 Å². The van der Waals surface area contributed by atoms with E-state index in [2.05, 4.69) is 14.6 Å². The molecular formula is C14H17N3O3. The number of nitrogens with zero attached hydrogens (tertiary/aromatic N) is 3. The van der Waals surface area contributed by atoms with Crippen molar-refractivity contribution in [2.24, 2.45) is 0 Å². The van der Waals surface area contributed by atoms with Crippen LogP contribution in [0.25, 0.3) is 0 Å². The molecule has 1 aromatic heterocycles. The molecule has 0 aromatic carbocycles. The summed E-state index contributed by atoms with van der Waals surface area (Å²) in [6, 6.07) is 5.71. The van der Waals surface area contributed by atoms with Crippen molar-refractivity contribution in [3.05, 3.63) is 29.6 Å². The largest absolute Gasteiger partial charge is 0.469 e. The van der Waals surface area contributed by atoms with Gasteiger partial charge in [-0.05, 0) is 17.7 Å². The number of ether oxygens (including phenoxy) is 2. The molecule has 0 bridgehead atoms. The Morgan fingerprint density at radius 3 is 3.30 bits per heavy atom. The number of hydrogen-bond donors (Lipinski definition) is 0. The van der Waals surface area contributed by atoms with Crippen molar-refractivity contribution in [1.82, 2.24) is 9.88 Å². The van der Waals surface area contributed by atoms with Gasteiger partial charge in [-0.3, -0.25) is 9.69 Å². The zero-order valence-corrected chi connectivity index (χ0v) is 11.4. The Balaban J connectivity index is 1.92. The fourth-order valence-electron chi connectivity index (χ4n) is 2.21. The van der Waals surface area contributed by atoms with E-state index in [0.717, 1.165) is 18.7 Å².